The molecule has 0 saturated carbocycles. The molecule has 0 bridgehead atoms. The van der Waals surface area contributed by atoms with Crippen LogP contribution in [-0.2, 0) is 6.54 Å². The fourth-order valence-corrected chi connectivity index (χ4v) is 2.90. The predicted molar refractivity (Wildman–Crippen MR) is 96.1 cm³/mol. The molecule has 3 rings (SSSR count). The molecule has 100 valence electrons. The summed E-state index contributed by atoms with van der Waals surface area (Å²) in [5, 5.41) is 1.12. The van der Waals surface area contributed by atoms with Crippen LogP contribution in [0.25, 0.3) is 10.9 Å². The van der Waals surface area contributed by atoms with Crippen molar-refractivity contribution in [2.75, 3.05) is 0 Å². The van der Waals surface area contributed by atoms with Crippen LogP contribution >= 0.6 is 34.8 Å². The number of nitrogens with zero attached hydrogens (tertiary/aromatic N) is 1. The van der Waals surface area contributed by atoms with Crippen molar-refractivity contribution in [3.63, 3.8) is 0 Å². The second-order valence-electron chi connectivity index (χ2n) is 4.67. The van der Waals surface area contributed by atoms with Gasteiger partial charge >= 0.3 is 0 Å². The largest absolute Gasteiger partial charge is 0.389 e. The Labute approximate surface area is 136 Å². The molecule has 2 N–H and O–H groups in total. The van der Waals surface area contributed by atoms with E-state index in [0.29, 0.717) is 4.99 Å². The first-order chi connectivity index (χ1) is 9.65. The zero-order valence-electron chi connectivity index (χ0n) is 10.7. The fourth-order valence-electron chi connectivity index (χ4n) is 2.36. The summed E-state index contributed by atoms with van der Waals surface area (Å²) in [5.74, 6) is 0. The summed E-state index contributed by atoms with van der Waals surface area (Å²) in [4.78, 5) is 0.447. The Kier molecular flexibility index (Phi) is 3.76. The molecule has 2 aromatic carbocycles. The third-order valence-corrected chi connectivity index (χ3v) is 4.28. The lowest BCUT2D eigenvalue weighted by Crippen LogP contribution is -2.09. The third kappa shape index (κ3) is 2.58. The second kappa shape index (κ2) is 5.54. The maximum Gasteiger partial charge on any atom is 0.104 e. The van der Waals surface area contributed by atoms with Crippen molar-refractivity contribution in [1.82, 2.24) is 4.57 Å². The lowest BCUT2D eigenvalue weighted by atomic mass is 10.1. The molecule has 4 heteroatoms. The van der Waals surface area contributed by atoms with Gasteiger partial charge in [0.25, 0.3) is 0 Å². The molecule has 20 heavy (non-hydrogen) atoms. The van der Waals surface area contributed by atoms with Gasteiger partial charge in [0.1, 0.15) is 4.99 Å². The monoisotopic (exact) mass is 392 g/mol. The molecular formula is C16H13IN2S. The molecule has 0 spiro atoms. The van der Waals surface area contributed by atoms with Gasteiger partial charge in [-0.2, -0.15) is 0 Å². The SMILES string of the molecule is NC(=S)c1cccc2c1ccn2Cc1ccc(I)cc1. The predicted octanol–water partition coefficient (Wildman–Crippen LogP) is 3.93. The number of hydrogen-bond donors (Lipinski definition) is 1. The van der Waals surface area contributed by atoms with Crippen LogP contribution in [0, 0.1) is 3.57 Å². The van der Waals surface area contributed by atoms with E-state index in [1.165, 1.54) is 9.13 Å². The molecule has 0 amide bonds. The zero-order valence-corrected chi connectivity index (χ0v) is 13.7. The number of rotatable bonds is 3. The summed E-state index contributed by atoms with van der Waals surface area (Å²) in [7, 11) is 0. The molecule has 0 fully saturated rings. The van der Waals surface area contributed by atoms with E-state index in [9.17, 15) is 0 Å². The number of benzene rings is 2. The molecule has 0 aliphatic carbocycles. The average molecular weight is 392 g/mol. The number of nitrogens with two attached hydrogens (primary N) is 1. The highest BCUT2D eigenvalue weighted by Crippen LogP contribution is 2.21. The molecule has 1 aromatic heterocycles. The Hall–Kier alpha value is -1.40. The van der Waals surface area contributed by atoms with Crippen LogP contribution in [0.3, 0.4) is 0 Å². The van der Waals surface area contributed by atoms with Crippen molar-refractivity contribution in [2.45, 2.75) is 6.54 Å². The highest BCUT2D eigenvalue weighted by Gasteiger charge is 2.07. The molecule has 1 heterocycles. The topological polar surface area (TPSA) is 30.9 Å². The minimum Gasteiger partial charge on any atom is -0.389 e. The summed E-state index contributed by atoms with van der Waals surface area (Å²) in [5.41, 5.74) is 9.17. The standard InChI is InChI=1S/C16H13IN2S/c17-12-6-4-11(5-7-12)10-19-9-8-13-14(16(18)20)2-1-3-15(13)19/h1-9H,10H2,(H2,18,20). The second-order valence-corrected chi connectivity index (χ2v) is 6.36. The molecular weight excluding hydrogens is 379 g/mol. The van der Waals surface area contributed by atoms with Crippen LogP contribution in [0.4, 0.5) is 0 Å². The first kappa shape index (κ1) is 13.6. The number of hydrogen-bond acceptors (Lipinski definition) is 1. The van der Waals surface area contributed by atoms with E-state index in [1.54, 1.807) is 0 Å². The van der Waals surface area contributed by atoms with Crippen molar-refractivity contribution in [2.24, 2.45) is 5.73 Å². The Morgan fingerprint density at radius 3 is 2.55 bits per heavy atom. The molecule has 0 aliphatic heterocycles. The molecule has 0 saturated heterocycles. The van der Waals surface area contributed by atoms with Crippen molar-refractivity contribution >= 4 is 50.7 Å². The Morgan fingerprint density at radius 2 is 1.85 bits per heavy atom. The highest BCUT2D eigenvalue weighted by atomic mass is 127. The first-order valence-corrected chi connectivity index (χ1v) is 7.76. The Balaban J connectivity index is 2.03. The Morgan fingerprint density at radius 1 is 1.10 bits per heavy atom. The summed E-state index contributed by atoms with van der Waals surface area (Å²) < 4.78 is 3.47. The van der Waals surface area contributed by atoms with E-state index in [4.69, 9.17) is 18.0 Å². The maximum atomic E-state index is 5.78. The fraction of sp³-hybridized carbons (Fsp3) is 0.0625. The van der Waals surface area contributed by atoms with Gasteiger partial charge in [0.15, 0.2) is 0 Å². The number of halogens is 1. The molecule has 2 nitrogen and oxygen atoms in total. The van der Waals surface area contributed by atoms with Crippen LogP contribution in [-0.4, -0.2) is 9.56 Å². The Bertz CT molecular complexity index is 775. The first-order valence-electron chi connectivity index (χ1n) is 6.27. The normalized spacial score (nSPS) is 10.8. The highest BCUT2D eigenvalue weighted by molar-refractivity contribution is 14.1. The van der Waals surface area contributed by atoms with Gasteiger partial charge in [-0.3, -0.25) is 0 Å². The molecule has 0 radical (unpaired) electrons. The van der Waals surface area contributed by atoms with Crippen LogP contribution in [0.15, 0.2) is 54.7 Å². The van der Waals surface area contributed by atoms with Crippen molar-refractivity contribution in [1.29, 1.82) is 0 Å². The quantitative estimate of drug-likeness (QED) is 0.541. The number of thiocarbonyl (C=S) groups is 1. The van der Waals surface area contributed by atoms with Gasteiger partial charge < -0.3 is 10.3 Å². The zero-order chi connectivity index (χ0) is 14.1. The van der Waals surface area contributed by atoms with Gasteiger partial charge in [-0.25, -0.2) is 0 Å². The van der Waals surface area contributed by atoms with Gasteiger partial charge in [0, 0.05) is 32.8 Å². The summed E-state index contributed by atoms with van der Waals surface area (Å²) in [6, 6.07) is 16.7. The average Bonchev–Trinajstić information content (AvgIpc) is 2.84. The van der Waals surface area contributed by atoms with Gasteiger partial charge in [0.05, 0.1) is 0 Å². The lowest BCUT2D eigenvalue weighted by Gasteiger charge is -2.07. The van der Waals surface area contributed by atoms with Gasteiger partial charge in [-0.05, 0) is 52.4 Å². The van der Waals surface area contributed by atoms with Gasteiger partial charge in [-0.1, -0.05) is 36.5 Å². The van der Waals surface area contributed by atoms with Crippen molar-refractivity contribution in [3.05, 3.63) is 69.4 Å². The molecule has 0 aliphatic rings. The van der Waals surface area contributed by atoms with E-state index in [2.05, 4.69) is 69.8 Å². The number of fused-ring (bicyclic) bond motifs is 1. The molecule has 0 unspecified atom stereocenters. The third-order valence-electron chi connectivity index (χ3n) is 3.35. The van der Waals surface area contributed by atoms with E-state index >= 15 is 0 Å². The van der Waals surface area contributed by atoms with E-state index in [0.717, 1.165) is 23.0 Å². The van der Waals surface area contributed by atoms with Crippen molar-refractivity contribution < 1.29 is 0 Å². The smallest absolute Gasteiger partial charge is 0.104 e. The van der Waals surface area contributed by atoms with Crippen LogP contribution in [0.1, 0.15) is 11.1 Å². The van der Waals surface area contributed by atoms with Crippen LogP contribution in [0.5, 0.6) is 0 Å². The summed E-state index contributed by atoms with van der Waals surface area (Å²) in [6.07, 6.45) is 2.09. The van der Waals surface area contributed by atoms with Gasteiger partial charge in [0.2, 0.25) is 0 Å². The van der Waals surface area contributed by atoms with Crippen LogP contribution < -0.4 is 5.73 Å². The summed E-state index contributed by atoms with van der Waals surface area (Å²) in [6.45, 7) is 0.848. The minimum atomic E-state index is 0.447. The molecule has 0 atom stereocenters. The number of aromatic nitrogens is 1. The molecule has 3 aromatic rings. The van der Waals surface area contributed by atoms with E-state index in [-0.39, 0.29) is 0 Å². The van der Waals surface area contributed by atoms with E-state index < -0.39 is 0 Å². The minimum absolute atomic E-state index is 0.447. The van der Waals surface area contributed by atoms with Crippen molar-refractivity contribution in [3.8, 4) is 0 Å². The summed E-state index contributed by atoms with van der Waals surface area (Å²) >= 11 is 7.43. The van der Waals surface area contributed by atoms with Crippen LogP contribution in [0.2, 0.25) is 0 Å². The van der Waals surface area contributed by atoms with E-state index in [1.807, 2.05) is 12.1 Å². The van der Waals surface area contributed by atoms with Gasteiger partial charge in [-0.15, -0.1) is 0 Å². The maximum absolute atomic E-state index is 5.78. The lowest BCUT2D eigenvalue weighted by molar-refractivity contribution is 0.836.